The van der Waals surface area contributed by atoms with Crippen molar-refractivity contribution in [3.63, 3.8) is 0 Å². The number of nitrogens with two attached hydrogens (primary N) is 5. The number of benzene rings is 2. The van der Waals surface area contributed by atoms with Crippen molar-refractivity contribution in [2.24, 2.45) is 38.7 Å². The van der Waals surface area contributed by atoms with Gasteiger partial charge >= 0.3 is 0 Å². The fraction of sp³-hybridized carbons (Fsp3) is 0.424. The van der Waals surface area contributed by atoms with Gasteiger partial charge in [0.05, 0.1) is 0 Å². The highest BCUT2D eigenvalue weighted by Crippen LogP contribution is 2.25. The van der Waals surface area contributed by atoms with Crippen molar-refractivity contribution in [2.45, 2.75) is 76.2 Å². The summed E-state index contributed by atoms with van der Waals surface area (Å²) in [5.74, 6) is -3.23. The molecule has 13 N–H and O–H groups in total. The van der Waals surface area contributed by atoms with Crippen LogP contribution in [-0.2, 0) is 43.4 Å². The Kier molecular flexibility index (Phi) is 14.8. The highest BCUT2D eigenvalue weighted by Gasteiger charge is 2.38. The topological polar surface area (TPSA) is 280 Å². The lowest BCUT2D eigenvalue weighted by Crippen LogP contribution is -2.60. The standard InChI is InChI=1S/C33H46ClN11O5/c1-19(46)42-24(8-4-14-40-32(36)37)29(48)43-25(9-5-15-41-33(38)39)30(49)44-26(16-20-10-12-23(34)13-11-20)31(50)45-18-22-7-3-2-6-21(22)17-27(45)28(35)47/h2-3,6-7,10-13,24-27H,4-5,8-9,14-18H2,1H3,(H2,35,47)(H,42,46)(H,43,48)(H,44,49)(H4,36,37,40)(H4,38,39,41)/t24-,25-,26+,27-/m0/s1. The predicted octanol–water partition coefficient (Wildman–Crippen LogP) is -1.10. The second-order valence-corrected chi connectivity index (χ2v) is 12.4. The molecule has 2 aromatic carbocycles. The minimum absolute atomic E-state index is 0.0410. The number of carbonyl (C=O) groups excluding carboxylic acids is 5. The third-order valence-electron chi connectivity index (χ3n) is 8.05. The monoisotopic (exact) mass is 711 g/mol. The second kappa shape index (κ2) is 19.0. The van der Waals surface area contributed by atoms with E-state index in [-0.39, 0.29) is 63.7 Å². The van der Waals surface area contributed by atoms with Crippen LogP contribution in [0.1, 0.15) is 49.3 Å². The third kappa shape index (κ3) is 12.3. The van der Waals surface area contributed by atoms with E-state index >= 15 is 0 Å². The molecule has 1 aliphatic heterocycles. The van der Waals surface area contributed by atoms with Crippen LogP contribution < -0.4 is 44.6 Å². The number of aliphatic imine (C=N–C) groups is 2. The molecule has 0 saturated heterocycles. The van der Waals surface area contributed by atoms with E-state index in [0.29, 0.717) is 17.0 Å². The smallest absolute Gasteiger partial charge is 0.246 e. The van der Waals surface area contributed by atoms with Crippen LogP contribution in [-0.4, -0.2) is 83.6 Å². The lowest BCUT2D eigenvalue weighted by molar-refractivity contribution is -0.144. The largest absolute Gasteiger partial charge is 0.370 e. The zero-order valence-corrected chi connectivity index (χ0v) is 28.7. The van der Waals surface area contributed by atoms with Gasteiger partial charge in [0.1, 0.15) is 24.2 Å². The molecule has 0 radical (unpaired) electrons. The Hall–Kier alpha value is -5.38. The Bertz CT molecular complexity index is 1580. The first-order chi connectivity index (χ1) is 23.7. The molecule has 5 amide bonds. The minimum atomic E-state index is -1.17. The molecule has 17 heteroatoms. The molecule has 0 aromatic heterocycles. The molecule has 0 unspecified atom stereocenters. The number of nitrogens with one attached hydrogen (secondary N) is 3. The maximum Gasteiger partial charge on any atom is 0.246 e. The van der Waals surface area contributed by atoms with Gasteiger partial charge in [-0.05, 0) is 54.5 Å². The number of nitrogens with zero attached hydrogens (tertiary/aromatic N) is 3. The van der Waals surface area contributed by atoms with Crippen LogP contribution >= 0.6 is 11.6 Å². The molecule has 0 bridgehead atoms. The predicted molar refractivity (Wildman–Crippen MR) is 190 cm³/mol. The SMILES string of the molecule is CC(=O)N[C@@H](CCCN=C(N)N)C(=O)N[C@@H](CCCN=C(N)N)C(=O)N[C@H](Cc1ccc(Cl)cc1)C(=O)N1Cc2ccccc2C[C@H]1C(N)=O. The fourth-order valence-corrected chi connectivity index (χ4v) is 5.73. The summed E-state index contributed by atoms with van der Waals surface area (Å²) in [6.07, 6.45) is 1.16. The molecule has 16 nitrogen and oxygen atoms in total. The number of hydrogen-bond acceptors (Lipinski definition) is 7. The van der Waals surface area contributed by atoms with E-state index in [9.17, 15) is 24.0 Å². The maximum absolute atomic E-state index is 14.3. The number of carbonyl (C=O) groups is 5. The molecule has 1 aliphatic rings. The molecular weight excluding hydrogens is 666 g/mol. The van der Waals surface area contributed by atoms with Gasteiger partial charge in [-0.15, -0.1) is 0 Å². The molecule has 0 aliphatic carbocycles. The number of amides is 5. The first-order valence-electron chi connectivity index (χ1n) is 16.1. The van der Waals surface area contributed by atoms with E-state index < -0.39 is 53.7 Å². The zero-order valence-electron chi connectivity index (χ0n) is 27.9. The normalized spacial score (nSPS) is 15.3. The van der Waals surface area contributed by atoms with Crippen molar-refractivity contribution >= 4 is 53.1 Å². The third-order valence-corrected chi connectivity index (χ3v) is 8.30. The van der Waals surface area contributed by atoms with Crippen molar-refractivity contribution in [2.75, 3.05) is 13.1 Å². The van der Waals surface area contributed by atoms with Crippen molar-refractivity contribution < 1.29 is 24.0 Å². The quantitative estimate of drug-likeness (QED) is 0.0561. The summed E-state index contributed by atoms with van der Waals surface area (Å²) in [5.41, 5.74) is 29.9. The van der Waals surface area contributed by atoms with Gasteiger partial charge in [-0.2, -0.15) is 0 Å². The molecule has 1 heterocycles. The van der Waals surface area contributed by atoms with Crippen LogP contribution in [0.5, 0.6) is 0 Å². The average molecular weight is 712 g/mol. The number of primary amides is 1. The van der Waals surface area contributed by atoms with Gasteiger partial charge in [-0.25, -0.2) is 0 Å². The number of fused-ring (bicyclic) bond motifs is 1. The van der Waals surface area contributed by atoms with E-state index in [2.05, 4.69) is 25.9 Å². The van der Waals surface area contributed by atoms with Gasteiger partial charge in [-0.3, -0.25) is 34.0 Å². The van der Waals surface area contributed by atoms with Crippen LogP contribution in [0.2, 0.25) is 5.02 Å². The van der Waals surface area contributed by atoms with E-state index in [1.807, 2.05) is 24.3 Å². The van der Waals surface area contributed by atoms with Gasteiger partial charge in [-0.1, -0.05) is 48.0 Å². The van der Waals surface area contributed by atoms with Crippen molar-refractivity contribution in [3.05, 3.63) is 70.2 Å². The van der Waals surface area contributed by atoms with Gasteiger partial charge in [0.2, 0.25) is 29.5 Å². The Balaban J connectivity index is 1.91. The first kappa shape index (κ1) is 39.1. The highest BCUT2D eigenvalue weighted by molar-refractivity contribution is 6.30. The number of rotatable bonds is 17. The molecule has 0 saturated carbocycles. The van der Waals surface area contributed by atoms with Gasteiger partial charge in [0.15, 0.2) is 11.9 Å². The van der Waals surface area contributed by atoms with Gasteiger partial charge in [0.25, 0.3) is 0 Å². The van der Waals surface area contributed by atoms with Crippen LogP contribution in [0.15, 0.2) is 58.5 Å². The molecule has 3 rings (SSSR count). The lowest BCUT2D eigenvalue weighted by atomic mass is 9.92. The second-order valence-electron chi connectivity index (χ2n) is 12.0. The summed E-state index contributed by atoms with van der Waals surface area (Å²) in [4.78, 5) is 75.6. The molecule has 0 spiro atoms. The summed E-state index contributed by atoms with van der Waals surface area (Å²) >= 11 is 6.09. The summed E-state index contributed by atoms with van der Waals surface area (Å²) in [6, 6.07) is 9.90. The van der Waals surface area contributed by atoms with Crippen molar-refractivity contribution in [1.29, 1.82) is 0 Å². The van der Waals surface area contributed by atoms with Gasteiger partial charge < -0.3 is 49.5 Å². The maximum atomic E-state index is 14.3. The summed E-state index contributed by atoms with van der Waals surface area (Å²) in [6.45, 7) is 1.75. The highest BCUT2D eigenvalue weighted by atomic mass is 35.5. The Morgan fingerprint density at radius 3 is 1.82 bits per heavy atom. The van der Waals surface area contributed by atoms with E-state index in [4.69, 9.17) is 40.3 Å². The van der Waals surface area contributed by atoms with Crippen LogP contribution in [0.3, 0.4) is 0 Å². The van der Waals surface area contributed by atoms with Crippen LogP contribution in [0.4, 0.5) is 0 Å². The van der Waals surface area contributed by atoms with Gasteiger partial charge in [0, 0.05) is 44.4 Å². The van der Waals surface area contributed by atoms with Crippen molar-refractivity contribution in [1.82, 2.24) is 20.9 Å². The number of guanidine groups is 2. The van der Waals surface area contributed by atoms with Crippen molar-refractivity contribution in [3.8, 4) is 0 Å². The Labute approximate surface area is 295 Å². The van der Waals surface area contributed by atoms with Crippen LogP contribution in [0.25, 0.3) is 0 Å². The molecule has 4 atom stereocenters. The molecule has 50 heavy (non-hydrogen) atoms. The Morgan fingerprint density at radius 1 is 0.780 bits per heavy atom. The van der Waals surface area contributed by atoms with E-state index in [1.165, 1.54) is 11.8 Å². The minimum Gasteiger partial charge on any atom is -0.370 e. The fourth-order valence-electron chi connectivity index (χ4n) is 5.60. The summed E-state index contributed by atoms with van der Waals surface area (Å²) in [7, 11) is 0. The number of halogens is 1. The molecular formula is C33H46ClN11O5. The first-order valence-corrected chi connectivity index (χ1v) is 16.5. The summed E-state index contributed by atoms with van der Waals surface area (Å²) in [5, 5.41) is 8.61. The molecule has 2 aromatic rings. The summed E-state index contributed by atoms with van der Waals surface area (Å²) < 4.78 is 0. The number of hydrogen-bond donors (Lipinski definition) is 8. The van der Waals surface area contributed by atoms with E-state index in [0.717, 1.165) is 11.1 Å². The lowest BCUT2D eigenvalue weighted by Gasteiger charge is -2.37. The van der Waals surface area contributed by atoms with Crippen LogP contribution in [0, 0.1) is 0 Å². The average Bonchev–Trinajstić information content (AvgIpc) is 3.06. The Morgan fingerprint density at radius 2 is 1.30 bits per heavy atom. The molecule has 0 fully saturated rings. The zero-order chi connectivity index (χ0) is 36.8. The molecule has 270 valence electrons. The van der Waals surface area contributed by atoms with E-state index in [1.54, 1.807) is 24.3 Å².